The lowest BCUT2D eigenvalue weighted by Gasteiger charge is -2.12. The summed E-state index contributed by atoms with van der Waals surface area (Å²) >= 11 is 0. The maximum absolute atomic E-state index is 4.37. The zero-order chi connectivity index (χ0) is 11.4. The van der Waals surface area contributed by atoms with Gasteiger partial charge in [-0.3, -0.25) is 4.98 Å². The van der Waals surface area contributed by atoms with E-state index in [9.17, 15) is 0 Å². The topological polar surface area (TPSA) is 61.0 Å². The predicted octanol–water partition coefficient (Wildman–Crippen LogP) is 1.33. The molecule has 0 fully saturated rings. The third-order valence-electron chi connectivity index (χ3n) is 2.29. The third-order valence-corrected chi connectivity index (χ3v) is 2.29. The van der Waals surface area contributed by atoms with Crippen molar-refractivity contribution in [2.75, 3.05) is 24.9 Å². The number of fused-ring (bicyclic) bond motifs is 1. The molecule has 84 valence electrons. The van der Waals surface area contributed by atoms with Crippen LogP contribution in [0.1, 0.15) is 0 Å². The summed E-state index contributed by atoms with van der Waals surface area (Å²) in [6, 6.07) is 7.93. The highest BCUT2D eigenvalue weighted by Gasteiger charge is 2.05. The normalized spacial score (nSPS) is 10.4. The molecule has 0 saturated carbocycles. The van der Waals surface area contributed by atoms with Gasteiger partial charge in [-0.1, -0.05) is 0 Å². The number of nitrogens with one attached hydrogen (secondary N) is 4. The number of hydrazine groups is 2. The molecule has 1 aromatic carbocycles. The average molecular weight is 217 g/mol. The van der Waals surface area contributed by atoms with Gasteiger partial charge in [0.15, 0.2) is 0 Å². The molecule has 0 amide bonds. The van der Waals surface area contributed by atoms with Crippen LogP contribution >= 0.6 is 0 Å². The van der Waals surface area contributed by atoms with Crippen LogP contribution in [0, 0.1) is 0 Å². The summed E-state index contributed by atoms with van der Waals surface area (Å²) in [7, 11) is 3.66. The van der Waals surface area contributed by atoms with Gasteiger partial charge < -0.3 is 10.9 Å². The predicted molar refractivity (Wildman–Crippen MR) is 67.1 cm³/mol. The van der Waals surface area contributed by atoms with E-state index < -0.39 is 0 Å². The monoisotopic (exact) mass is 217 g/mol. The van der Waals surface area contributed by atoms with Gasteiger partial charge in [-0.15, -0.1) is 0 Å². The van der Waals surface area contributed by atoms with Crippen molar-refractivity contribution in [1.29, 1.82) is 0 Å². The fourth-order valence-electron chi connectivity index (χ4n) is 1.65. The van der Waals surface area contributed by atoms with Crippen molar-refractivity contribution in [3.8, 4) is 0 Å². The zero-order valence-corrected chi connectivity index (χ0v) is 9.33. The average Bonchev–Trinajstić information content (AvgIpc) is 2.33. The van der Waals surface area contributed by atoms with Crippen molar-refractivity contribution in [3.63, 3.8) is 0 Å². The van der Waals surface area contributed by atoms with E-state index in [4.69, 9.17) is 0 Å². The quantitative estimate of drug-likeness (QED) is 0.582. The number of hydrogen-bond acceptors (Lipinski definition) is 5. The van der Waals surface area contributed by atoms with Gasteiger partial charge in [0.05, 0.1) is 16.9 Å². The van der Waals surface area contributed by atoms with Gasteiger partial charge in [-0.2, -0.15) is 0 Å². The second-order valence-electron chi connectivity index (χ2n) is 3.31. The lowest BCUT2D eigenvalue weighted by atomic mass is 10.1. The second-order valence-corrected chi connectivity index (χ2v) is 3.31. The molecule has 0 radical (unpaired) electrons. The van der Waals surface area contributed by atoms with E-state index in [0.29, 0.717) is 0 Å². The Labute approximate surface area is 94.2 Å². The molecule has 0 aliphatic heterocycles. The molecule has 5 nitrogen and oxygen atoms in total. The van der Waals surface area contributed by atoms with E-state index in [1.54, 1.807) is 6.20 Å². The van der Waals surface area contributed by atoms with E-state index >= 15 is 0 Å². The molecule has 0 aliphatic rings. The zero-order valence-electron chi connectivity index (χ0n) is 9.33. The molecule has 0 bridgehead atoms. The fraction of sp³-hybridized carbons (Fsp3) is 0.182. The highest BCUT2D eigenvalue weighted by Crippen LogP contribution is 2.27. The molecule has 1 heterocycles. The Bertz CT molecular complexity index is 438. The third kappa shape index (κ3) is 1.91. The van der Waals surface area contributed by atoms with Crippen LogP contribution in [-0.2, 0) is 0 Å². The molecule has 1 aromatic heterocycles. The van der Waals surface area contributed by atoms with Crippen LogP contribution in [-0.4, -0.2) is 19.1 Å². The summed E-state index contributed by atoms with van der Waals surface area (Å²) in [6.07, 6.45) is 1.78. The minimum atomic E-state index is 0.928. The van der Waals surface area contributed by atoms with Gasteiger partial charge in [-0.05, 0) is 24.3 Å². The van der Waals surface area contributed by atoms with Crippen molar-refractivity contribution in [2.24, 2.45) is 0 Å². The van der Waals surface area contributed by atoms with E-state index in [1.807, 2.05) is 38.4 Å². The van der Waals surface area contributed by atoms with Gasteiger partial charge in [0.2, 0.25) is 0 Å². The molecular formula is C11H15N5. The summed E-state index contributed by atoms with van der Waals surface area (Å²) in [5.41, 5.74) is 14.8. The van der Waals surface area contributed by atoms with Crippen LogP contribution in [0.2, 0.25) is 0 Å². The van der Waals surface area contributed by atoms with Gasteiger partial charge in [0, 0.05) is 25.7 Å². The standard InChI is InChI=1S/C11H15N5/c1-12-15-9-5-6-10(16-13-2)11-8(9)4-3-7-14-11/h3-7,12-13,15-16H,1-2H3. The maximum Gasteiger partial charge on any atom is 0.0967 e. The highest BCUT2D eigenvalue weighted by atomic mass is 15.3. The second kappa shape index (κ2) is 4.78. The molecule has 0 spiro atoms. The Morgan fingerprint density at radius 3 is 2.38 bits per heavy atom. The number of anilines is 2. The number of benzene rings is 1. The number of nitrogens with zero attached hydrogens (tertiary/aromatic N) is 1. The number of rotatable bonds is 4. The van der Waals surface area contributed by atoms with Crippen molar-refractivity contribution in [2.45, 2.75) is 0 Å². The van der Waals surface area contributed by atoms with Crippen molar-refractivity contribution in [1.82, 2.24) is 15.8 Å². The summed E-state index contributed by atoms with van der Waals surface area (Å²) < 4.78 is 0. The van der Waals surface area contributed by atoms with Crippen LogP contribution < -0.4 is 21.7 Å². The van der Waals surface area contributed by atoms with Crippen molar-refractivity contribution < 1.29 is 0 Å². The SMILES string of the molecule is CNNc1ccc(NNC)c2ncccc12. The van der Waals surface area contributed by atoms with E-state index in [0.717, 1.165) is 22.3 Å². The van der Waals surface area contributed by atoms with E-state index in [2.05, 4.69) is 26.7 Å². The summed E-state index contributed by atoms with van der Waals surface area (Å²) in [5.74, 6) is 0. The van der Waals surface area contributed by atoms with E-state index in [1.165, 1.54) is 0 Å². The molecule has 0 unspecified atom stereocenters. The first kappa shape index (κ1) is 10.7. The maximum atomic E-state index is 4.37. The Hall–Kier alpha value is -1.85. The first-order valence-corrected chi connectivity index (χ1v) is 5.10. The van der Waals surface area contributed by atoms with Crippen molar-refractivity contribution in [3.05, 3.63) is 30.5 Å². The highest BCUT2D eigenvalue weighted by molar-refractivity contribution is 5.98. The Balaban J connectivity index is 2.57. The summed E-state index contributed by atoms with van der Waals surface area (Å²) in [4.78, 5) is 4.37. The lowest BCUT2D eigenvalue weighted by molar-refractivity contribution is 0.980. The molecule has 2 rings (SSSR count). The molecule has 4 N–H and O–H groups in total. The smallest absolute Gasteiger partial charge is 0.0967 e. The fourth-order valence-corrected chi connectivity index (χ4v) is 1.65. The minimum absolute atomic E-state index is 0.928. The molecule has 0 saturated heterocycles. The van der Waals surface area contributed by atoms with E-state index in [-0.39, 0.29) is 0 Å². The van der Waals surface area contributed by atoms with Gasteiger partial charge in [0.25, 0.3) is 0 Å². The van der Waals surface area contributed by atoms with Gasteiger partial charge in [-0.25, -0.2) is 10.9 Å². The van der Waals surface area contributed by atoms with Crippen LogP contribution in [0.3, 0.4) is 0 Å². The molecule has 16 heavy (non-hydrogen) atoms. The molecule has 5 heteroatoms. The summed E-state index contributed by atoms with van der Waals surface area (Å²) in [6.45, 7) is 0. The minimum Gasteiger partial charge on any atom is -0.321 e. The van der Waals surface area contributed by atoms with Gasteiger partial charge >= 0.3 is 0 Å². The lowest BCUT2D eigenvalue weighted by Crippen LogP contribution is -2.17. The Morgan fingerprint density at radius 2 is 1.62 bits per heavy atom. The first-order valence-electron chi connectivity index (χ1n) is 5.10. The summed E-state index contributed by atoms with van der Waals surface area (Å²) in [5, 5.41) is 1.07. The molecule has 0 atom stereocenters. The van der Waals surface area contributed by atoms with Crippen LogP contribution in [0.4, 0.5) is 11.4 Å². The Morgan fingerprint density at radius 1 is 0.938 bits per heavy atom. The van der Waals surface area contributed by atoms with Gasteiger partial charge in [0.1, 0.15) is 0 Å². The molecular weight excluding hydrogens is 202 g/mol. The number of aromatic nitrogens is 1. The first-order chi connectivity index (χ1) is 7.86. The van der Waals surface area contributed by atoms with Crippen LogP contribution in [0.25, 0.3) is 10.9 Å². The Kier molecular flexibility index (Phi) is 3.19. The van der Waals surface area contributed by atoms with Crippen LogP contribution in [0.5, 0.6) is 0 Å². The largest absolute Gasteiger partial charge is 0.321 e. The molecule has 2 aromatic rings. The van der Waals surface area contributed by atoms with Crippen LogP contribution in [0.15, 0.2) is 30.5 Å². The number of pyridine rings is 1. The molecule has 0 aliphatic carbocycles. The number of hydrogen-bond donors (Lipinski definition) is 4. The van der Waals surface area contributed by atoms with Crippen molar-refractivity contribution >= 4 is 22.3 Å².